The molecule has 1 saturated heterocycles. The van der Waals surface area contributed by atoms with Crippen LogP contribution in [0.1, 0.15) is 24.8 Å². The summed E-state index contributed by atoms with van der Waals surface area (Å²) in [6, 6.07) is 10.7. The van der Waals surface area contributed by atoms with E-state index in [4.69, 9.17) is 0 Å². The molecule has 0 aromatic heterocycles. The first-order valence-corrected chi connectivity index (χ1v) is 6.52. The molecule has 2 heteroatoms. The molecule has 0 amide bonds. The monoisotopic (exact) mass is 230 g/mol. The van der Waals surface area contributed by atoms with Crippen molar-refractivity contribution in [3.63, 3.8) is 0 Å². The van der Waals surface area contributed by atoms with Crippen molar-refractivity contribution in [3.05, 3.63) is 48.6 Å². The smallest absolute Gasteiger partial charge is 0.0602 e. The molecule has 1 atom stereocenters. The van der Waals surface area contributed by atoms with Crippen LogP contribution in [-0.2, 0) is 6.54 Å². The van der Waals surface area contributed by atoms with Crippen LogP contribution >= 0.6 is 0 Å². The molecule has 0 aliphatic carbocycles. The molecule has 1 fully saturated rings. The van der Waals surface area contributed by atoms with E-state index in [-0.39, 0.29) is 0 Å². The van der Waals surface area contributed by atoms with Crippen LogP contribution in [0.5, 0.6) is 0 Å². The number of likely N-dealkylation sites (tertiary alicyclic amines) is 1. The van der Waals surface area contributed by atoms with Crippen LogP contribution in [0.4, 0.5) is 0 Å². The number of nitrogens with one attached hydrogen (secondary N) is 1. The molecule has 2 nitrogen and oxygen atoms in total. The summed E-state index contributed by atoms with van der Waals surface area (Å²) in [6.07, 6.45) is 6.36. The first-order valence-electron chi connectivity index (χ1n) is 6.52. The minimum absolute atomic E-state index is 0.516. The summed E-state index contributed by atoms with van der Waals surface area (Å²) in [6.45, 7) is 6.92. The van der Waals surface area contributed by atoms with Gasteiger partial charge in [0.25, 0.3) is 0 Å². The second-order valence-corrected chi connectivity index (χ2v) is 4.66. The van der Waals surface area contributed by atoms with Crippen molar-refractivity contribution in [1.82, 2.24) is 10.2 Å². The van der Waals surface area contributed by atoms with Gasteiger partial charge >= 0.3 is 0 Å². The average molecular weight is 230 g/mol. The summed E-state index contributed by atoms with van der Waals surface area (Å²) in [5.74, 6) is 0. The normalized spacial score (nSPS) is 21.3. The molecular formula is C15H22N2. The summed E-state index contributed by atoms with van der Waals surface area (Å²) in [7, 11) is 0. The Morgan fingerprint density at radius 2 is 2.12 bits per heavy atom. The largest absolute Gasteiger partial charge is 0.298 e. The molecule has 1 aromatic rings. The second kappa shape index (κ2) is 6.58. The summed E-state index contributed by atoms with van der Waals surface area (Å²) in [5.41, 5.74) is 1.40. The van der Waals surface area contributed by atoms with Crippen LogP contribution in [0.2, 0.25) is 0 Å². The fourth-order valence-corrected chi connectivity index (χ4v) is 2.45. The third kappa shape index (κ3) is 3.69. The van der Waals surface area contributed by atoms with E-state index >= 15 is 0 Å². The predicted octanol–water partition coefficient (Wildman–Crippen LogP) is 2.77. The van der Waals surface area contributed by atoms with Gasteiger partial charge in [0.1, 0.15) is 0 Å². The molecule has 1 unspecified atom stereocenters. The quantitative estimate of drug-likeness (QED) is 0.782. The lowest BCUT2D eigenvalue weighted by Crippen LogP contribution is -2.48. The van der Waals surface area contributed by atoms with Crippen LogP contribution in [0, 0.1) is 0 Å². The van der Waals surface area contributed by atoms with E-state index in [1.54, 1.807) is 0 Å². The summed E-state index contributed by atoms with van der Waals surface area (Å²) >= 11 is 0. The zero-order chi connectivity index (χ0) is 11.9. The van der Waals surface area contributed by atoms with Gasteiger partial charge in [-0.15, -0.1) is 6.58 Å². The molecule has 2 rings (SSSR count). The number of hydrogen-bond donors (Lipinski definition) is 1. The van der Waals surface area contributed by atoms with Gasteiger partial charge in [0.15, 0.2) is 0 Å². The topological polar surface area (TPSA) is 15.3 Å². The Bertz CT molecular complexity index is 334. The maximum atomic E-state index is 3.77. The van der Waals surface area contributed by atoms with Gasteiger partial charge in [-0.1, -0.05) is 36.4 Å². The minimum Gasteiger partial charge on any atom is -0.298 e. The highest BCUT2D eigenvalue weighted by Gasteiger charge is 2.21. The van der Waals surface area contributed by atoms with Crippen LogP contribution in [-0.4, -0.2) is 24.2 Å². The third-order valence-corrected chi connectivity index (χ3v) is 3.34. The van der Waals surface area contributed by atoms with Gasteiger partial charge < -0.3 is 0 Å². The van der Waals surface area contributed by atoms with E-state index in [1.807, 2.05) is 6.08 Å². The Morgan fingerprint density at radius 3 is 2.88 bits per heavy atom. The fourth-order valence-electron chi connectivity index (χ4n) is 2.45. The van der Waals surface area contributed by atoms with Crippen molar-refractivity contribution in [2.45, 2.75) is 32.0 Å². The first kappa shape index (κ1) is 12.3. The Hall–Kier alpha value is -1.12. The van der Waals surface area contributed by atoms with Crippen LogP contribution in [0.15, 0.2) is 43.0 Å². The van der Waals surface area contributed by atoms with Crippen LogP contribution < -0.4 is 5.32 Å². The highest BCUT2D eigenvalue weighted by atomic mass is 15.3. The SMILES string of the molecule is C=CCNC1CCCCN1Cc1ccccc1. The van der Waals surface area contributed by atoms with Crippen LogP contribution in [0.3, 0.4) is 0 Å². The zero-order valence-electron chi connectivity index (χ0n) is 10.4. The number of benzene rings is 1. The lowest BCUT2D eigenvalue weighted by atomic mass is 10.1. The Morgan fingerprint density at radius 1 is 1.29 bits per heavy atom. The maximum Gasteiger partial charge on any atom is 0.0602 e. The van der Waals surface area contributed by atoms with Crippen molar-refractivity contribution >= 4 is 0 Å². The molecule has 1 heterocycles. The fraction of sp³-hybridized carbons (Fsp3) is 0.467. The van der Waals surface area contributed by atoms with E-state index in [2.05, 4.69) is 47.1 Å². The third-order valence-electron chi connectivity index (χ3n) is 3.34. The molecule has 1 aromatic carbocycles. The van der Waals surface area contributed by atoms with Crippen molar-refractivity contribution in [1.29, 1.82) is 0 Å². The maximum absolute atomic E-state index is 3.77. The van der Waals surface area contributed by atoms with Gasteiger partial charge in [-0.2, -0.15) is 0 Å². The van der Waals surface area contributed by atoms with E-state index in [9.17, 15) is 0 Å². The number of hydrogen-bond acceptors (Lipinski definition) is 2. The van der Waals surface area contributed by atoms with Crippen molar-refractivity contribution in [2.24, 2.45) is 0 Å². The Kier molecular flexibility index (Phi) is 4.77. The minimum atomic E-state index is 0.516. The first-order chi connectivity index (χ1) is 8.40. The van der Waals surface area contributed by atoms with E-state index in [0.29, 0.717) is 6.17 Å². The van der Waals surface area contributed by atoms with Crippen molar-refractivity contribution in [3.8, 4) is 0 Å². The predicted molar refractivity (Wildman–Crippen MR) is 72.7 cm³/mol. The van der Waals surface area contributed by atoms with E-state index < -0.39 is 0 Å². The lowest BCUT2D eigenvalue weighted by molar-refractivity contribution is 0.116. The zero-order valence-corrected chi connectivity index (χ0v) is 10.4. The second-order valence-electron chi connectivity index (χ2n) is 4.66. The summed E-state index contributed by atoms with van der Waals surface area (Å²) < 4.78 is 0. The summed E-state index contributed by atoms with van der Waals surface area (Å²) in [5, 5.41) is 3.55. The molecule has 1 aliphatic heterocycles. The molecule has 0 radical (unpaired) electrons. The van der Waals surface area contributed by atoms with Crippen molar-refractivity contribution in [2.75, 3.05) is 13.1 Å². The van der Waals surface area contributed by atoms with Gasteiger partial charge in [-0.05, 0) is 31.4 Å². The van der Waals surface area contributed by atoms with Crippen LogP contribution in [0.25, 0.3) is 0 Å². The number of piperidine rings is 1. The number of rotatable bonds is 5. The van der Waals surface area contributed by atoms with E-state index in [0.717, 1.165) is 13.1 Å². The highest BCUT2D eigenvalue weighted by molar-refractivity contribution is 5.14. The van der Waals surface area contributed by atoms with Gasteiger partial charge in [0, 0.05) is 13.1 Å². The lowest BCUT2D eigenvalue weighted by Gasteiger charge is -2.36. The van der Waals surface area contributed by atoms with Gasteiger partial charge in [0.05, 0.1) is 6.17 Å². The van der Waals surface area contributed by atoms with Crippen molar-refractivity contribution < 1.29 is 0 Å². The molecule has 17 heavy (non-hydrogen) atoms. The van der Waals surface area contributed by atoms with Gasteiger partial charge in [-0.25, -0.2) is 0 Å². The molecule has 1 aliphatic rings. The average Bonchev–Trinajstić information content (AvgIpc) is 2.39. The molecule has 0 spiro atoms. The van der Waals surface area contributed by atoms with Gasteiger partial charge in [-0.3, -0.25) is 10.2 Å². The highest BCUT2D eigenvalue weighted by Crippen LogP contribution is 2.17. The standard InChI is InChI=1S/C15H22N2/c1-2-11-16-15-10-6-7-12-17(15)13-14-8-4-3-5-9-14/h2-5,8-9,15-16H,1,6-7,10-13H2. The number of nitrogens with zero attached hydrogens (tertiary/aromatic N) is 1. The molecular weight excluding hydrogens is 208 g/mol. The summed E-state index contributed by atoms with van der Waals surface area (Å²) in [4.78, 5) is 2.54. The molecule has 0 bridgehead atoms. The molecule has 0 saturated carbocycles. The van der Waals surface area contributed by atoms with Gasteiger partial charge in [0.2, 0.25) is 0 Å². The van der Waals surface area contributed by atoms with E-state index in [1.165, 1.54) is 31.4 Å². The Labute approximate surface area is 104 Å². The Balaban J connectivity index is 1.94. The molecule has 92 valence electrons. The molecule has 1 N–H and O–H groups in total.